The predicted molar refractivity (Wildman–Crippen MR) is 66.7 cm³/mol. The molecule has 0 aliphatic heterocycles. The minimum atomic E-state index is 0.358. The van der Waals surface area contributed by atoms with Crippen LogP contribution >= 0.6 is 15.9 Å². The van der Waals surface area contributed by atoms with Crippen molar-refractivity contribution in [1.29, 1.82) is 0 Å². The zero-order chi connectivity index (χ0) is 11.5. The van der Waals surface area contributed by atoms with E-state index in [0.717, 1.165) is 23.5 Å². The monoisotopic (exact) mass is 273 g/mol. The summed E-state index contributed by atoms with van der Waals surface area (Å²) in [4.78, 5) is 0. The van der Waals surface area contributed by atoms with Crippen LogP contribution in [0.25, 0.3) is 0 Å². The summed E-state index contributed by atoms with van der Waals surface area (Å²) in [5.74, 6) is 1.62. The third-order valence-electron chi connectivity index (χ3n) is 2.86. The van der Waals surface area contributed by atoms with Crippen LogP contribution in [-0.2, 0) is 6.54 Å². The third-order valence-corrected chi connectivity index (χ3v) is 3.28. The number of halogens is 1. The molecule has 0 fully saturated rings. The van der Waals surface area contributed by atoms with E-state index >= 15 is 0 Å². The molecule has 0 amide bonds. The first-order valence-corrected chi connectivity index (χ1v) is 6.14. The van der Waals surface area contributed by atoms with Crippen LogP contribution in [-0.4, -0.2) is 6.54 Å². The van der Waals surface area contributed by atoms with Crippen LogP contribution in [0.3, 0.4) is 0 Å². The van der Waals surface area contributed by atoms with Gasteiger partial charge in [0.1, 0.15) is 5.76 Å². The Balaban J connectivity index is 2.28. The van der Waals surface area contributed by atoms with Crippen molar-refractivity contribution < 1.29 is 4.42 Å². The van der Waals surface area contributed by atoms with Gasteiger partial charge in [-0.3, -0.25) is 0 Å². The molecule has 1 heterocycles. The molecule has 1 aromatic heterocycles. The fourth-order valence-electron chi connectivity index (χ4n) is 1.16. The van der Waals surface area contributed by atoms with Crippen LogP contribution in [0.4, 0.5) is 0 Å². The summed E-state index contributed by atoms with van der Waals surface area (Å²) in [6.07, 6.45) is 0. The van der Waals surface area contributed by atoms with Crippen LogP contribution in [0.15, 0.2) is 21.2 Å². The maximum Gasteiger partial charge on any atom is 0.169 e. The summed E-state index contributed by atoms with van der Waals surface area (Å²) in [6, 6.07) is 3.91. The molecule has 2 nitrogen and oxygen atoms in total. The van der Waals surface area contributed by atoms with Crippen molar-refractivity contribution >= 4 is 15.9 Å². The van der Waals surface area contributed by atoms with Crippen LogP contribution in [0.5, 0.6) is 0 Å². The number of nitrogens with one attached hydrogen (secondary N) is 1. The molecule has 0 bridgehead atoms. The van der Waals surface area contributed by atoms with Gasteiger partial charge in [0.2, 0.25) is 0 Å². The van der Waals surface area contributed by atoms with E-state index in [-0.39, 0.29) is 0 Å². The van der Waals surface area contributed by atoms with E-state index in [9.17, 15) is 0 Å². The molecule has 0 saturated carbocycles. The Labute approximate surface area is 101 Å². The highest BCUT2D eigenvalue weighted by atomic mass is 79.9. The maximum atomic E-state index is 5.41. The third kappa shape index (κ3) is 4.39. The summed E-state index contributed by atoms with van der Waals surface area (Å²) in [5, 5.41) is 3.41. The molecule has 0 spiro atoms. The molecule has 0 saturated heterocycles. The lowest BCUT2D eigenvalue weighted by Crippen LogP contribution is -2.29. The summed E-state index contributed by atoms with van der Waals surface area (Å²) >= 11 is 3.29. The smallest absolute Gasteiger partial charge is 0.169 e. The van der Waals surface area contributed by atoms with Crippen LogP contribution in [0, 0.1) is 11.3 Å². The molecule has 3 heteroatoms. The largest absolute Gasteiger partial charge is 0.453 e. The number of furan rings is 1. The first kappa shape index (κ1) is 12.8. The van der Waals surface area contributed by atoms with Gasteiger partial charge in [-0.1, -0.05) is 27.7 Å². The zero-order valence-electron chi connectivity index (χ0n) is 9.93. The summed E-state index contributed by atoms with van der Waals surface area (Å²) in [6.45, 7) is 10.9. The minimum Gasteiger partial charge on any atom is -0.453 e. The quantitative estimate of drug-likeness (QED) is 0.903. The van der Waals surface area contributed by atoms with Crippen molar-refractivity contribution in [3.8, 4) is 0 Å². The lowest BCUT2D eigenvalue weighted by atomic mass is 9.82. The number of rotatable bonds is 4. The van der Waals surface area contributed by atoms with E-state index in [1.54, 1.807) is 0 Å². The molecule has 0 aliphatic carbocycles. The maximum absolute atomic E-state index is 5.41. The number of hydrogen-bond donors (Lipinski definition) is 1. The van der Waals surface area contributed by atoms with Gasteiger partial charge in [0.05, 0.1) is 6.54 Å². The van der Waals surface area contributed by atoms with Gasteiger partial charge in [-0.2, -0.15) is 0 Å². The summed E-state index contributed by atoms with van der Waals surface area (Å²) < 4.78 is 6.20. The second-order valence-corrected chi connectivity index (χ2v) is 5.89. The molecular formula is C12H20BrNO. The molecule has 0 aromatic carbocycles. The van der Waals surface area contributed by atoms with Gasteiger partial charge in [0.15, 0.2) is 4.67 Å². The van der Waals surface area contributed by atoms with Gasteiger partial charge in [-0.25, -0.2) is 0 Å². The Morgan fingerprint density at radius 1 is 1.40 bits per heavy atom. The van der Waals surface area contributed by atoms with Crippen molar-refractivity contribution in [1.82, 2.24) is 5.32 Å². The van der Waals surface area contributed by atoms with Crippen molar-refractivity contribution in [3.63, 3.8) is 0 Å². The normalized spacial score (nSPS) is 14.2. The van der Waals surface area contributed by atoms with Gasteiger partial charge >= 0.3 is 0 Å². The highest BCUT2D eigenvalue weighted by Crippen LogP contribution is 2.24. The molecule has 1 unspecified atom stereocenters. The fraction of sp³-hybridized carbons (Fsp3) is 0.667. The number of hydrogen-bond acceptors (Lipinski definition) is 2. The second kappa shape index (κ2) is 5.17. The topological polar surface area (TPSA) is 25.2 Å². The molecule has 1 aromatic rings. The highest BCUT2D eigenvalue weighted by Gasteiger charge is 2.19. The Morgan fingerprint density at radius 2 is 2.07 bits per heavy atom. The SMILES string of the molecule is CC(CNCc1ccc(Br)o1)C(C)(C)C. The van der Waals surface area contributed by atoms with Gasteiger partial charge in [-0.05, 0) is 45.9 Å². The Morgan fingerprint density at radius 3 is 2.53 bits per heavy atom. The Kier molecular flexibility index (Phi) is 4.41. The van der Waals surface area contributed by atoms with Crippen LogP contribution < -0.4 is 5.32 Å². The molecular weight excluding hydrogens is 254 g/mol. The second-order valence-electron chi connectivity index (χ2n) is 5.10. The van der Waals surface area contributed by atoms with E-state index in [1.165, 1.54) is 0 Å². The lowest BCUT2D eigenvalue weighted by Gasteiger charge is -2.27. The minimum absolute atomic E-state index is 0.358. The molecule has 1 N–H and O–H groups in total. The van der Waals surface area contributed by atoms with Gasteiger partial charge in [-0.15, -0.1) is 0 Å². The molecule has 1 atom stereocenters. The first-order valence-electron chi connectivity index (χ1n) is 5.34. The molecule has 0 radical (unpaired) electrons. The van der Waals surface area contributed by atoms with E-state index in [1.807, 2.05) is 12.1 Å². The molecule has 0 aliphatic rings. The average molecular weight is 274 g/mol. The zero-order valence-corrected chi connectivity index (χ0v) is 11.5. The molecule has 1 rings (SSSR count). The summed E-state index contributed by atoms with van der Waals surface area (Å²) in [5.41, 5.74) is 0.358. The van der Waals surface area contributed by atoms with Gasteiger partial charge in [0.25, 0.3) is 0 Å². The fourth-order valence-corrected chi connectivity index (χ4v) is 1.50. The van der Waals surface area contributed by atoms with E-state index in [2.05, 4.69) is 48.9 Å². The predicted octanol–water partition coefficient (Wildman–Crippen LogP) is 3.81. The Bertz CT molecular complexity index is 301. The standard InChI is InChI=1S/C12H20BrNO/c1-9(12(2,3)4)7-14-8-10-5-6-11(13)15-10/h5-6,9,14H,7-8H2,1-4H3. The van der Waals surface area contributed by atoms with E-state index in [4.69, 9.17) is 4.42 Å². The van der Waals surface area contributed by atoms with Crippen molar-refractivity contribution in [3.05, 3.63) is 22.6 Å². The Hall–Kier alpha value is -0.280. The summed E-state index contributed by atoms with van der Waals surface area (Å²) in [7, 11) is 0. The van der Waals surface area contributed by atoms with E-state index < -0.39 is 0 Å². The van der Waals surface area contributed by atoms with Crippen molar-refractivity contribution in [2.24, 2.45) is 11.3 Å². The van der Waals surface area contributed by atoms with E-state index in [0.29, 0.717) is 11.3 Å². The van der Waals surface area contributed by atoms with Crippen LogP contribution in [0.2, 0.25) is 0 Å². The van der Waals surface area contributed by atoms with Gasteiger partial charge < -0.3 is 9.73 Å². The molecule has 15 heavy (non-hydrogen) atoms. The van der Waals surface area contributed by atoms with Crippen molar-refractivity contribution in [2.45, 2.75) is 34.2 Å². The first-order chi connectivity index (χ1) is 6.89. The van der Waals surface area contributed by atoms with Crippen LogP contribution in [0.1, 0.15) is 33.5 Å². The average Bonchev–Trinajstić information content (AvgIpc) is 2.49. The van der Waals surface area contributed by atoms with Gasteiger partial charge in [0, 0.05) is 0 Å². The molecule has 86 valence electrons. The highest BCUT2D eigenvalue weighted by molar-refractivity contribution is 9.10. The van der Waals surface area contributed by atoms with Crippen molar-refractivity contribution in [2.75, 3.05) is 6.54 Å². The lowest BCUT2D eigenvalue weighted by molar-refractivity contribution is 0.250.